The molecule has 29 heavy (non-hydrogen) atoms. The largest absolute Gasteiger partial charge is 0.748 e. The number of nitrogens with zero attached hydrogens (tertiary/aromatic N) is 1. The van der Waals surface area contributed by atoms with Gasteiger partial charge in [0, 0.05) is 12.2 Å². The summed E-state index contributed by atoms with van der Waals surface area (Å²) in [4.78, 5) is 9.98. The van der Waals surface area contributed by atoms with Gasteiger partial charge in [0.2, 0.25) is 0 Å². The van der Waals surface area contributed by atoms with E-state index in [1.165, 1.54) is 82.0 Å². The van der Waals surface area contributed by atoms with Crippen molar-refractivity contribution in [1.29, 1.82) is 0 Å². The summed E-state index contributed by atoms with van der Waals surface area (Å²) in [6, 6.07) is 0. The van der Waals surface area contributed by atoms with Crippen LogP contribution in [-0.2, 0) is 14.9 Å². The first kappa shape index (κ1) is 30.5. The first-order valence-corrected chi connectivity index (χ1v) is 13.2. The minimum atomic E-state index is -4.12. The number of carboxylic acids is 1. The summed E-state index contributed by atoms with van der Waals surface area (Å²) < 4.78 is 31.6. The molecule has 0 aromatic heterocycles. The first-order chi connectivity index (χ1) is 13.7. The highest BCUT2D eigenvalue weighted by Crippen LogP contribution is 2.16. The summed E-state index contributed by atoms with van der Waals surface area (Å²) >= 11 is 0. The summed E-state index contributed by atoms with van der Waals surface area (Å²) in [7, 11) is -4.12. The summed E-state index contributed by atoms with van der Waals surface area (Å²) in [5, 5.41) is 8.19. The van der Waals surface area contributed by atoms with Crippen molar-refractivity contribution in [3.8, 4) is 0 Å². The van der Waals surface area contributed by atoms with Gasteiger partial charge >= 0.3 is 5.97 Å². The van der Waals surface area contributed by atoms with Crippen molar-refractivity contribution in [2.75, 3.05) is 31.9 Å². The van der Waals surface area contributed by atoms with Crippen molar-refractivity contribution in [3.05, 3.63) is 0 Å². The standard InChI is InChI=1S/C16H36N.C6H12O5S/c1-5-9-13-17(14-10-6-2,15-11-7-3)16-12-8-4;7-6(8)4-2-1-3-5-12(9,10)11/h5-16H2,1-4H3;1-5H2,(H,7,8)(H,9,10,11)/q+1;/p-1. The van der Waals surface area contributed by atoms with E-state index in [9.17, 15) is 17.8 Å². The van der Waals surface area contributed by atoms with E-state index in [-0.39, 0.29) is 12.8 Å². The van der Waals surface area contributed by atoms with Crippen LogP contribution < -0.4 is 0 Å². The third kappa shape index (κ3) is 21.9. The molecule has 0 aromatic carbocycles. The molecule has 0 spiro atoms. The Balaban J connectivity index is 0. The number of hydrogen-bond acceptors (Lipinski definition) is 4. The lowest BCUT2D eigenvalue weighted by atomic mass is 10.1. The molecule has 0 amide bonds. The Morgan fingerprint density at radius 1 is 0.724 bits per heavy atom. The molecule has 0 aliphatic rings. The molecule has 0 fully saturated rings. The molecule has 176 valence electrons. The van der Waals surface area contributed by atoms with Crippen LogP contribution in [0.4, 0.5) is 0 Å². The Morgan fingerprint density at radius 3 is 1.38 bits per heavy atom. The van der Waals surface area contributed by atoms with E-state index in [2.05, 4.69) is 27.7 Å². The molecule has 0 bridgehead atoms. The minimum absolute atomic E-state index is 0.0267. The summed E-state index contributed by atoms with van der Waals surface area (Å²) in [6.07, 6.45) is 12.2. The normalized spacial score (nSPS) is 11.8. The highest BCUT2D eigenvalue weighted by atomic mass is 32.2. The van der Waals surface area contributed by atoms with E-state index < -0.39 is 21.8 Å². The van der Waals surface area contributed by atoms with Crippen LogP contribution in [0.2, 0.25) is 0 Å². The summed E-state index contributed by atoms with van der Waals surface area (Å²) in [5.74, 6) is -1.30. The second-order valence-corrected chi connectivity index (χ2v) is 9.64. The average molecular weight is 438 g/mol. The van der Waals surface area contributed by atoms with Gasteiger partial charge in [0.25, 0.3) is 0 Å². The van der Waals surface area contributed by atoms with Crippen LogP contribution in [0.1, 0.15) is 105 Å². The zero-order valence-corrected chi connectivity index (χ0v) is 20.3. The number of hydrogen-bond donors (Lipinski definition) is 1. The predicted molar refractivity (Wildman–Crippen MR) is 120 cm³/mol. The van der Waals surface area contributed by atoms with Crippen molar-refractivity contribution >= 4 is 16.1 Å². The van der Waals surface area contributed by atoms with E-state index in [0.717, 1.165) is 0 Å². The van der Waals surface area contributed by atoms with E-state index in [1.54, 1.807) is 0 Å². The summed E-state index contributed by atoms with van der Waals surface area (Å²) in [5.41, 5.74) is 0. The van der Waals surface area contributed by atoms with Crippen LogP contribution in [0.25, 0.3) is 0 Å². The number of unbranched alkanes of at least 4 members (excludes halogenated alkanes) is 6. The maximum absolute atomic E-state index is 10.1. The van der Waals surface area contributed by atoms with Crippen molar-refractivity contribution in [2.45, 2.75) is 105 Å². The monoisotopic (exact) mass is 437 g/mol. The maximum Gasteiger partial charge on any atom is 0.303 e. The quantitative estimate of drug-likeness (QED) is 0.181. The number of carbonyl (C=O) groups is 1. The van der Waals surface area contributed by atoms with Crippen molar-refractivity contribution in [2.24, 2.45) is 0 Å². The highest BCUT2D eigenvalue weighted by molar-refractivity contribution is 7.85. The Hall–Kier alpha value is -0.660. The van der Waals surface area contributed by atoms with Gasteiger partial charge in [-0.05, 0) is 38.5 Å². The third-order valence-electron chi connectivity index (χ3n) is 5.23. The van der Waals surface area contributed by atoms with Crippen LogP contribution in [0.15, 0.2) is 0 Å². The predicted octanol–water partition coefficient (Wildman–Crippen LogP) is 5.18. The zero-order valence-electron chi connectivity index (χ0n) is 19.5. The van der Waals surface area contributed by atoms with E-state index >= 15 is 0 Å². The molecule has 0 saturated carbocycles. The van der Waals surface area contributed by atoms with Crippen LogP contribution in [-0.4, -0.2) is 60.5 Å². The molecule has 0 aliphatic carbocycles. The van der Waals surface area contributed by atoms with Gasteiger partial charge in [0.1, 0.15) is 0 Å². The fourth-order valence-corrected chi connectivity index (χ4v) is 3.93. The van der Waals surface area contributed by atoms with E-state index in [1.807, 2.05) is 0 Å². The van der Waals surface area contributed by atoms with Crippen LogP contribution in [0.3, 0.4) is 0 Å². The highest BCUT2D eigenvalue weighted by Gasteiger charge is 2.24. The SMILES string of the molecule is CCCC[N+](CCCC)(CCCC)CCCC.O=C(O)CCCCCS(=O)(=O)[O-]. The Kier molecular flexibility index (Phi) is 20.3. The number of rotatable bonds is 18. The Labute approximate surface area is 180 Å². The molecule has 0 unspecified atom stereocenters. The van der Waals surface area contributed by atoms with Crippen LogP contribution in [0.5, 0.6) is 0 Å². The first-order valence-electron chi connectivity index (χ1n) is 11.7. The van der Waals surface area contributed by atoms with E-state index in [0.29, 0.717) is 12.8 Å². The molecule has 1 N–H and O–H groups in total. The van der Waals surface area contributed by atoms with Crippen molar-refractivity contribution < 1.29 is 27.4 Å². The van der Waals surface area contributed by atoms with Gasteiger partial charge in [0.05, 0.1) is 36.3 Å². The fourth-order valence-electron chi connectivity index (χ4n) is 3.38. The Morgan fingerprint density at radius 2 is 1.10 bits per heavy atom. The molecule has 0 atom stereocenters. The number of aliphatic carboxylic acids is 1. The van der Waals surface area contributed by atoms with Gasteiger partial charge in [-0.1, -0.05) is 59.8 Å². The molecule has 0 aliphatic heterocycles. The lowest BCUT2D eigenvalue weighted by Crippen LogP contribution is -2.50. The fraction of sp³-hybridized carbons (Fsp3) is 0.955. The second kappa shape index (κ2) is 19.3. The van der Waals surface area contributed by atoms with Crippen LogP contribution >= 0.6 is 0 Å². The second-order valence-electron chi connectivity index (χ2n) is 8.12. The summed E-state index contributed by atoms with van der Waals surface area (Å²) in [6.45, 7) is 15.0. The van der Waals surface area contributed by atoms with Gasteiger partial charge in [-0.2, -0.15) is 0 Å². The average Bonchev–Trinajstić information content (AvgIpc) is 2.66. The number of quaternary nitrogens is 1. The third-order valence-corrected chi connectivity index (χ3v) is 6.02. The lowest BCUT2D eigenvalue weighted by molar-refractivity contribution is -0.929. The Bertz CT molecular complexity index is 442. The van der Waals surface area contributed by atoms with Crippen LogP contribution in [0, 0.1) is 0 Å². The number of carboxylic acid groups (broad SMARTS) is 1. The molecular formula is C22H47NO5S. The molecule has 0 heterocycles. The van der Waals surface area contributed by atoms with Crippen molar-refractivity contribution in [3.63, 3.8) is 0 Å². The molecule has 0 rings (SSSR count). The van der Waals surface area contributed by atoms with Gasteiger partial charge in [-0.25, -0.2) is 8.42 Å². The minimum Gasteiger partial charge on any atom is -0.748 e. The molecule has 0 aromatic rings. The maximum atomic E-state index is 10.1. The van der Waals surface area contributed by atoms with Gasteiger partial charge in [-0.15, -0.1) is 0 Å². The molecule has 0 saturated heterocycles. The smallest absolute Gasteiger partial charge is 0.303 e. The molecule has 7 heteroatoms. The molecule has 0 radical (unpaired) electrons. The topological polar surface area (TPSA) is 94.5 Å². The molecular weight excluding hydrogens is 390 g/mol. The lowest BCUT2D eigenvalue weighted by Gasteiger charge is -2.39. The zero-order chi connectivity index (χ0) is 22.6. The molecule has 6 nitrogen and oxygen atoms in total. The van der Waals surface area contributed by atoms with E-state index in [4.69, 9.17) is 5.11 Å². The van der Waals surface area contributed by atoms with Crippen molar-refractivity contribution in [1.82, 2.24) is 0 Å². The van der Waals surface area contributed by atoms with Gasteiger partial charge < -0.3 is 14.1 Å². The van der Waals surface area contributed by atoms with Gasteiger partial charge in [0.15, 0.2) is 0 Å². The van der Waals surface area contributed by atoms with Gasteiger partial charge in [-0.3, -0.25) is 4.79 Å².